The summed E-state index contributed by atoms with van der Waals surface area (Å²) in [5.41, 5.74) is 2.02. The van der Waals surface area contributed by atoms with Gasteiger partial charge in [0.2, 0.25) is 5.91 Å². The van der Waals surface area contributed by atoms with Crippen molar-refractivity contribution in [1.82, 2.24) is 14.3 Å². The molecule has 2 aromatic rings. The Bertz CT molecular complexity index is 628. The Labute approximate surface area is 132 Å². The van der Waals surface area contributed by atoms with Gasteiger partial charge in [0.15, 0.2) is 0 Å². The molecule has 0 bridgehead atoms. The molecule has 0 saturated heterocycles. The third kappa shape index (κ3) is 3.32. The normalized spacial score (nSPS) is 16.0. The van der Waals surface area contributed by atoms with Crippen molar-refractivity contribution in [2.24, 2.45) is 5.92 Å². The van der Waals surface area contributed by atoms with Crippen LogP contribution in [0.1, 0.15) is 51.1 Å². The highest BCUT2D eigenvalue weighted by Gasteiger charge is 2.21. The van der Waals surface area contributed by atoms with Gasteiger partial charge in [0.05, 0.1) is 18.4 Å². The van der Waals surface area contributed by atoms with Gasteiger partial charge in [-0.3, -0.25) is 4.79 Å². The fourth-order valence-electron chi connectivity index (χ4n) is 3.44. The van der Waals surface area contributed by atoms with Crippen LogP contribution in [0.15, 0.2) is 30.6 Å². The fraction of sp³-hybridized carbons (Fsp3) is 0.556. The summed E-state index contributed by atoms with van der Waals surface area (Å²) in [6.07, 6.45) is 11.0. The summed E-state index contributed by atoms with van der Waals surface area (Å²) >= 11 is 0. The first kappa shape index (κ1) is 15.1. The molecular weight excluding hydrogens is 274 g/mol. The highest BCUT2D eigenvalue weighted by Crippen LogP contribution is 2.27. The number of pyridine rings is 1. The second-order valence-electron chi connectivity index (χ2n) is 6.29. The molecule has 0 atom stereocenters. The number of fused-ring (bicyclic) bond motifs is 1. The number of amides is 1. The molecule has 2 aromatic heterocycles. The summed E-state index contributed by atoms with van der Waals surface area (Å²) < 4.78 is 2.07. The number of carbonyl (C=O) groups is 1. The van der Waals surface area contributed by atoms with E-state index >= 15 is 0 Å². The van der Waals surface area contributed by atoms with Crippen LogP contribution in [-0.4, -0.2) is 26.7 Å². The van der Waals surface area contributed by atoms with Crippen molar-refractivity contribution in [1.29, 1.82) is 0 Å². The number of rotatable bonds is 5. The van der Waals surface area contributed by atoms with Gasteiger partial charge < -0.3 is 9.30 Å². The number of aromatic nitrogens is 2. The number of carbonyl (C=O) groups excluding carboxylic acids is 1. The van der Waals surface area contributed by atoms with Crippen molar-refractivity contribution in [3.63, 3.8) is 0 Å². The lowest BCUT2D eigenvalue weighted by Crippen LogP contribution is -2.32. The highest BCUT2D eigenvalue weighted by atomic mass is 16.2. The zero-order valence-electron chi connectivity index (χ0n) is 13.4. The van der Waals surface area contributed by atoms with Gasteiger partial charge in [0.25, 0.3) is 0 Å². The monoisotopic (exact) mass is 299 g/mol. The molecule has 4 nitrogen and oxygen atoms in total. The minimum atomic E-state index is 0.292. The van der Waals surface area contributed by atoms with E-state index in [1.807, 2.05) is 35.5 Å². The molecule has 1 aliphatic rings. The van der Waals surface area contributed by atoms with Gasteiger partial charge in [0, 0.05) is 19.2 Å². The lowest BCUT2D eigenvalue weighted by atomic mass is 9.86. The second-order valence-corrected chi connectivity index (χ2v) is 6.29. The fourth-order valence-corrected chi connectivity index (χ4v) is 3.44. The molecule has 0 N–H and O–H groups in total. The Hall–Kier alpha value is -1.84. The summed E-state index contributed by atoms with van der Waals surface area (Å²) in [6, 6.07) is 5.97. The van der Waals surface area contributed by atoms with Crippen LogP contribution < -0.4 is 0 Å². The second kappa shape index (κ2) is 6.95. The lowest BCUT2D eigenvalue weighted by molar-refractivity contribution is -0.132. The van der Waals surface area contributed by atoms with Crippen LogP contribution >= 0.6 is 0 Å². The van der Waals surface area contributed by atoms with Crippen LogP contribution in [0.3, 0.4) is 0 Å². The van der Waals surface area contributed by atoms with Crippen molar-refractivity contribution in [3.8, 4) is 0 Å². The maximum Gasteiger partial charge on any atom is 0.223 e. The first-order chi connectivity index (χ1) is 10.8. The standard InChI is InChI=1S/C18H25N3O/c1-2-20(18(22)12-15-8-4-3-5-9-15)14-16-13-19-17-10-6-7-11-21(16)17/h6-7,10-11,13,15H,2-5,8-9,12,14H2,1H3. The smallest absolute Gasteiger partial charge is 0.223 e. The number of hydrogen-bond acceptors (Lipinski definition) is 2. The maximum atomic E-state index is 12.6. The summed E-state index contributed by atoms with van der Waals surface area (Å²) in [6.45, 7) is 3.46. The Kier molecular flexibility index (Phi) is 4.76. The van der Waals surface area contributed by atoms with Crippen molar-refractivity contribution < 1.29 is 4.79 Å². The molecule has 1 fully saturated rings. The van der Waals surface area contributed by atoms with Gasteiger partial charge in [-0.15, -0.1) is 0 Å². The van der Waals surface area contributed by atoms with Gasteiger partial charge in [-0.1, -0.05) is 25.3 Å². The SMILES string of the molecule is CCN(Cc1cnc2ccccn12)C(=O)CC1CCCCC1. The average Bonchev–Trinajstić information content (AvgIpc) is 2.96. The van der Waals surface area contributed by atoms with Crippen molar-refractivity contribution >= 4 is 11.6 Å². The number of imidazole rings is 1. The highest BCUT2D eigenvalue weighted by molar-refractivity contribution is 5.76. The molecule has 1 aliphatic carbocycles. The van der Waals surface area contributed by atoms with Gasteiger partial charge in [-0.05, 0) is 37.8 Å². The molecule has 0 spiro atoms. The molecule has 22 heavy (non-hydrogen) atoms. The predicted octanol–water partition coefficient (Wildman–Crippen LogP) is 3.65. The first-order valence-electron chi connectivity index (χ1n) is 8.46. The van der Waals surface area contributed by atoms with E-state index in [0.29, 0.717) is 24.8 Å². The average molecular weight is 299 g/mol. The van der Waals surface area contributed by atoms with E-state index in [9.17, 15) is 4.79 Å². The van der Waals surface area contributed by atoms with E-state index in [4.69, 9.17) is 0 Å². The van der Waals surface area contributed by atoms with E-state index in [1.54, 1.807) is 0 Å². The maximum absolute atomic E-state index is 12.6. The molecular formula is C18H25N3O. The van der Waals surface area contributed by atoms with Crippen molar-refractivity contribution in [2.75, 3.05) is 6.54 Å². The molecule has 0 unspecified atom stereocenters. The van der Waals surface area contributed by atoms with Crippen LogP contribution in [0.2, 0.25) is 0 Å². The van der Waals surface area contributed by atoms with Crippen LogP contribution in [0.5, 0.6) is 0 Å². The summed E-state index contributed by atoms with van der Waals surface area (Å²) in [5.74, 6) is 0.887. The Morgan fingerprint density at radius 1 is 1.32 bits per heavy atom. The summed E-state index contributed by atoms with van der Waals surface area (Å²) in [7, 11) is 0. The topological polar surface area (TPSA) is 37.6 Å². The van der Waals surface area contributed by atoms with E-state index < -0.39 is 0 Å². The summed E-state index contributed by atoms with van der Waals surface area (Å²) in [5, 5.41) is 0. The van der Waals surface area contributed by atoms with E-state index in [-0.39, 0.29) is 0 Å². The third-order valence-corrected chi connectivity index (χ3v) is 4.77. The van der Waals surface area contributed by atoms with E-state index in [0.717, 1.165) is 17.9 Å². The molecule has 4 heteroatoms. The molecule has 1 amide bonds. The van der Waals surface area contributed by atoms with Gasteiger partial charge >= 0.3 is 0 Å². The van der Waals surface area contributed by atoms with Crippen LogP contribution in [0.25, 0.3) is 5.65 Å². The summed E-state index contributed by atoms with van der Waals surface area (Å²) in [4.78, 5) is 19.0. The van der Waals surface area contributed by atoms with Crippen molar-refractivity contribution in [3.05, 3.63) is 36.3 Å². The Balaban J connectivity index is 1.67. The van der Waals surface area contributed by atoms with Gasteiger partial charge in [-0.2, -0.15) is 0 Å². The third-order valence-electron chi connectivity index (χ3n) is 4.77. The zero-order chi connectivity index (χ0) is 15.4. The molecule has 0 aromatic carbocycles. The van der Waals surface area contributed by atoms with E-state index in [2.05, 4.69) is 16.3 Å². The quantitative estimate of drug-likeness (QED) is 0.845. The minimum absolute atomic E-state index is 0.292. The Morgan fingerprint density at radius 2 is 2.14 bits per heavy atom. The van der Waals surface area contributed by atoms with Gasteiger partial charge in [0.1, 0.15) is 5.65 Å². The Morgan fingerprint density at radius 3 is 2.91 bits per heavy atom. The molecule has 3 rings (SSSR count). The predicted molar refractivity (Wildman–Crippen MR) is 87.5 cm³/mol. The molecule has 118 valence electrons. The molecule has 0 radical (unpaired) electrons. The van der Waals surface area contributed by atoms with Crippen molar-refractivity contribution in [2.45, 2.75) is 52.0 Å². The van der Waals surface area contributed by atoms with Crippen LogP contribution in [-0.2, 0) is 11.3 Å². The zero-order valence-corrected chi connectivity index (χ0v) is 13.4. The molecule has 1 saturated carbocycles. The van der Waals surface area contributed by atoms with Crippen LogP contribution in [0, 0.1) is 5.92 Å². The lowest BCUT2D eigenvalue weighted by Gasteiger charge is -2.26. The largest absolute Gasteiger partial charge is 0.337 e. The molecule has 0 aliphatic heterocycles. The molecule has 2 heterocycles. The number of hydrogen-bond donors (Lipinski definition) is 0. The minimum Gasteiger partial charge on any atom is -0.337 e. The van der Waals surface area contributed by atoms with Crippen LogP contribution in [0.4, 0.5) is 0 Å². The first-order valence-corrected chi connectivity index (χ1v) is 8.46. The number of nitrogens with zero attached hydrogens (tertiary/aromatic N) is 3. The van der Waals surface area contributed by atoms with Gasteiger partial charge in [-0.25, -0.2) is 4.98 Å². The van der Waals surface area contributed by atoms with E-state index in [1.165, 1.54) is 32.1 Å².